The van der Waals surface area contributed by atoms with Gasteiger partial charge in [-0.05, 0) is 12.8 Å². The first-order chi connectivity index (χ1) is 19.3. The van der Waals surface area contributed by atoms with Crippen LogP contribution in [0.3, 0.4) is 0 Å². The van der Waals surface area contributed by atoms with Gasteiger partial charge in [-0.2, -0.15) is 0 Å². The Bertz CT molecular complexity index is 661. The first-order valence-corrected chi connectivity index (χ1v) is 17.0. The molecule has 0 heterocycles. The third kappa shape index (κ3) is 24.7. The molecule has 0 radical (unpaired) electrons. The van der Waals surface area contributed by atoms with Crippen LogP contribution in [0.2, 0.25) is 0 Å². The Balaban J connectivity index is 3.83. The van der Waals surface area contributed by atoms with Crippen molar-refractivity contribution < 1.29 is 47.8 Å². The molecule has 0 aromatic carbocycles. The second kappa shape index (κ2) is 26.8. The summed E-state index contributed by atoms with van der Waals surface area (Å²) >= 11 is 0. The molecule has 0 fully saturated rings. The molecule has 0 aliphatic rings. The lowest BCUT2D eigenvalue weighted by molar-refractivity contribution is -0.153. The molecule has 0 aliphatic carbocycles. The van der Waals surface area contributed by atoms with E-state index < -0.39 is 58.4 Å². The first kappa shape index (κ1) is 39.0. The number of aliphatic hydroxyl groups excluding tert-OH is 2. The van der Waals surface area contributed by atoms with E-state index in [1.165, 1.54) is 77.0 Å². The quantitative estimate of drug-likeness (QED) is 0.0504. The van der Waals surface area contributed by atoms with E-state index in [1.54, 1.807) is 6.92 Å². The molecule has 0 aromatic heterocycles. The molecule has 0 saturated carbocycles. The smallest absolute Gasteiger partial charge is 0.457 e. The van der Waals surface area contributed by atoms with Crippen molar-refractivity contribution in [1.29, 1.82) is 0 Å². The van der Waals surface area contributed by atoms with Gasteiger partial charge in [0.15, 0.2) is 0 Å². The van der Waals surface area contributed by atoms with Crippen molar-refractivity contribution in [2.75, 3.05) is 26.4 Å². The number of phosphoric ester groups is 1. The third-order valence-corrected chi connectivity index (χ3v) is 7.49. The summed E-state index contributed by atoms with van der Waals surface area (Å²) in [6.45, 7) is 1.76. The largest absolute Gasteiger partial charge is 0.472 e. The number of phosphoric acid groups is 1. The molecule has 3 unspecified atom stereocenters. The highest BCUT2D eigenvalue weighted by Crippen LogP contribution is 2.43. The van der Waals surface area contributed by atoms with Gasteiger partial charge in [0.2, 0.25) is 0 Å². The summed E-state index contributed by atoms with van der Waals surface area (Å²) in [5, 5.41) is 18.7. The van der Waals surface area contributed by atoms with Crippen molar-refractivity contribution in [3.8, 4) is 0 Å². The second-order valence-electron chi connectivity index (χ2n) is 10.5. The fourth-order valence-corrected chi connectivity index (χ4v) is 4.93. The molecule has 0 rings (SSSR count). The highest BCUT2D eigenvalue weighted by atomic mass is 31.2. The van der Waals surface area contributed by atoms with Crippen LogP contribution in [0.15, 0.2) is 0 Å². The zero-order chi connectivity index (χ0) is 29.9. The Morgan fingerprint density at radius 3 is 1.27 bits per heavy atom. The summed E-state index contributed by atoms with van der Waals surface area (Å²) < 4.78 is 31.7. The number of ether oxygens (including phenoxy) is 2. The lowest BCUT2D eigenvalue weighted by Gasteiger charge is -2.20. The van der Waals surface area contributed by atoms with Crippen molar-refractivity contribution in [3.05, 3.63) is 0 Å². The Labute approximate surface area is 242 Å². The first-order valence-electron chi connectivity index (χ1n) is 15.5. The fraction of sp³-hybridized carbons (Fsp3) is 0.931. The minimum Gasteiger partial charge on any atom is -0.457 e. The van der Waals surface area contributed by atoms with E-state index in [0.29, 0.717) is 12.8 Å². The van der Waals surface area contributed by atoms with Crippen LogP contribution in [0, 0.1) is 0 Å². The average Bonchev–Trinajstić information content (AvgIpc) is 2.93. The molecule has 3 N–H and O–H groups in total. The van der Waals surface area contributed by atoms with E-state index >= 15 is 0 Å². The number of carbonyl (C=O) groups is 2. The summed E-state index contributed by atoms with van der Waals surface area (Å²) in [7, 11) is -4.59. The molecule has 0 saturated heterocycles. The molecular weight excluding hydrogens is 539 g/mol. The van der Waals surface area contributed by atoms with Gasteiger partial charge in [0.1, 0.15) is 12.2 Å². The molecule has 3 atom stereocenters. The van der Waals surface area contributed by atoms with Gasteiger partial charge < -0.3 is 24.6 Å². The van der Waals surface area contributed by atoms with E-state index in [-0.39, 0.29) is 12.8 Å². The highest BCUT2D eigenvalue weighted by molar-refractivity contribution is 7.47. The predicted octanol–water partition coefficient (Wildman–Crippen LogP) is 6.38. The number of aliphatic hydroxyl groups is 2. The van der Waals surface area contributed by atoms with Gasteiger partial charge in [-0.3, -0.25) is 18.6 Å². The molecule has 10 nitrogen and oxygen atoms in total. The van der Waals surface area contributed by atoms with Crippen molar-refractivity contribution in [2.45, 2.75) is 148 Å². The zero-order valence-corrected chi connectivity index (χ0v) is 26.0. The minimum atomic E-state index is -4.59. The molecule has 0 aliphatic heterocycles. The second-order valence-corrected chi connectivity index (χ2v) is 11.9. The van der Waals surface area contributed by atoms with Crippen LogP contribution in [0.1, 0.15) is 136 Å². The van der Waals surface area contributed by atoms with Crippen molar-refractivity contribution in [3.63, 3.8) is 0 Å². The molecule has 40 heavy (non-hydrogen) atoms. The Morgan fingerprint density at radius 1 is 0.575 bits per heavy atom. The predicted molar refractivity (Wildman–Crippen MR) is 155 cm³/mol. The standard InChI is InChI=1S/C29H57O10P/c1-3-5-6-7-8-9-10-11-12-13-14-15-16-17-18-19-21-29(33)39-27(23-31)25-37-40(34,35)36-24-26(22-30)38-28(32)20-4-2/h26-27,30-31H,3-25H2,1-2H3,(H,34,35). The van der Waals surface area contributed by atoms with Crippen LogP contribution in [0.4, 0.5) is 0 Å². The monoisotopic (exact) mass is 596 g/mol. The van der Waals surface area contributed by atoms with Crippen molar-refractivity contribution in [1.82, 2.24) is 0 Å². The summed E-state index contributed by atoms with van der Waals surface area (Å²) in [6.07, 6.45) is 18.5. The molecular formula is C29H57O10P. The lowest BCUT2D eigenvalue weighted by atomic mass is 10.0. The number of rotatable bonds is 29. The van der Waals surface area contributed by atoms with Crippen LogP contribution in [0.5, 0.6) is 0 Å². The average molecular weight is 597 g/mol. The van der Waals surface area contributed by atoms with Crippen LogP contribution < -0.4 is 0 Å². The molecule has 0 bridgehead atoms. The number of hydrogen-bond donors (Lipinski definition) is 3. The summed E-state index contributed by atoms with van der Waals surface area (Å²) in [5.41, 5.74) is 0. The zero-order valence-electron chi connectivity index (χ0n) is 25.1. The van der Waals surface area contributed by atoms with Gasteiger partial charge in [-0.15, -0.1) is 0 Å². The minimum absolute atomic E-state index is 0.146. The van der Waals surface area contributed by atoms with Gasteiger partial charge >= 0.3 is 19.8 Å². The number of unbranched alkanes of at least 4 members (excludes halogenated alkanes) is 15. The fourth-order valence-electron chi connectivity index (χ4n) is 4.15. The number of carbonyl (C=O) groups excluding carboxylic acids is 2. The van der Waals surface area contributed by atoms with E-state index in [1.807, 2.05) is 0 Å². The summed E-state index contributed by atoms with van der Waals surface area (Å²) in [6, 6.07) is 0. The van der Waals surface area contributed by atoms with Gasteiger partial charge in [-0.1, -0.05) is 110 Å². The highest BCUT2D eigenvalue weighted by Gasteiger charge is 2.27. The van der Waals surface area contributed by atoms with Crippen LogP contribution in [-0.2, 0) is 32.7 Å². The molecule has 0 amide bonds. The van der Waals surface area contributed by atoms with E-state index in [4.69, 9.17) is 18.5 Å². The van der Waals surface area contributed by atoms with E-state index in [0.717, 1.165) is 19.3 Å². The van der Waals surface area contributed by atoms with E-state index in [9.17, 15) is 29.3 Å². The van der Waals surface area contributed by atoms with Gasteiger partial charge in [-0.25, -0.2) is 4.57 Å². The summed E-state index contributed by atoms with van der Waals surface area (Å²) in [5.74, 6) is -1.07. The Morgan fingerprint density at radius 2 is 0.925 bits per heavy atom. The Kier molecular flexibility index (Phi) is 26.2. The maximum atomic E-state index is 12.1. The molecule has 238 valence electrons. The van der Waals surface area contributed by atoms with Crippen molar-refractivity contribution >= 4 is 19.8 Å². The molecule has 11 heteroatoms. The number of esters is 2. The van der Waals surface area contributed by atoms with Gasteiger partial charge in [0.25, 0.3) is 0 Å². The summed E-state index contributed by atoms with van der Waals surface area (Å²) in [4.78, 5) is 33.4. The van der Waals surface area contributed by atoms with Crippen LogP contribution in [-0.4, -0.2) is 65.7 Å². The topological polar surface area (TPSA) is 149 Å². The molecule has 0 spiro atoms. The lowest BCUT2D eigenvalue weighted by Crippen LogP contribution is -2.28. The van der Waals surface area contributed by atoms with Gasteiger partial charge in [0.05, 0.1) is 26.4 Å². The number of hydrogen-bond acceptors (Lipinski definition) is 9. The van der Waals surface area contributed by atoms with E-state index in [2.05, 4.69) is 6.92 Å². The Hall–Kier alpha value is -1.03. The maximum Gasteiger partial charge on any atom is 0.472 e. The SMILES string of the molecule is CCCCCCCCCCCCCCCCCCC(=O)OC(CO)COP(=O)(O)OCC(CO)OC(=O)CCC. The van der Waals surface area contributed by atoms with Crippen LogP contribution in [0.25, 0.3) is 0 Å². The van der Waals surface area contributed by atoms with Crippen LogP contribution >= 0.6 is 7.82 Å². The van der Waals surface area contributed by atoms with Gasteiger partial charge in [0, 0.05) is 12.8 Å². The van der Waals surface area contributed by atoms with Crippen molar-refractivity contribution in [2.24, 2.45) is 0 Å². The third-order valence-electron chi connectivity index (χ3n) is 6.54. The molecule has 0 aromatic rings. The maximum absolute atomic E-state index is 12.1. The normalized spacial score (nSPS) is 14.4.